The number of rotatable bonds is 2. The summed E-state index contributed by atoms with van der Waals surface area (Å²) in [6, 6.07) is 3.77. The van der Waals surface area contributed by atoms with E-state index in [0.29, 0.717) is 6.29 Å². The molecule has 0 fully saturated rings. The van der Waals surface area contributed by atoms with Crippen molar-refractivity contribution in [2.75, 3.05) is 0 Å². The van der Waals surface area contributed by atoms with Crippen molar-refractivity contribution in [3.63, 3.8) is 0 Å². The molecule has 0 spiro atoms. The van der Waals surface area contributed by atoms with Gasteiger partial charge in [0.1, 0.15) is 5.69 Å². The van der Waals surface area contributed by atoms with Crippen molar-refractivity contribution < 1.29 is 13.6 Å². The quantitative estimate of drug-likeness (QED) is 0.730. The van der Waals surface area contributed by atoms with Crippen molar-refractivity contribution in [3.05, 3.63) is 41.6 Å². The molecule has 0 amide bonds. The third kappa shape index (κ3) is 1.60. The fraction of sp³-hybridized carbons (Fsp3) is 0.0909. The topological polar surface area (TPSA) is 34.9 Å². The maximum atomic E-state index is 13.5. The van der Waals surface area contributed by atoms with Crippen LogP contribution >= 0.6 is 0 Å². The molecule has 82 valence electrons. The first-order chi connectivity index (χ1) is 7.63. The zero-order valence-electron chi connectivity index (χ0n) is 8.45. The van der Waals surface area contributed by atoms with Gasteiger partial charge in [0, 0.05) is 18.8 Å². The van der Waals surface area contributed by atoms with Crippen LogP contribution in [0.15, 0.2) is 24.4 Å². The monoisotopic (exact) mass is 222 g/mol. The number of aryl methyl sites for hydroxylation is 1. The minimum absolute atomic E-state index is 0.0114. The van der Waals surface area contributed by atoms with Crippen LogP contribution < -0.4 is 0 Å². The molecule has 2 aromatic rings. The Labute approximate surface area is 90.3 Å². The van der Waals surface area contributed by atoms with E-state index in [9.17, 15) is 13.6 Å². The van der Waals surface area contributed by atoms with Crippen molar-refractivity contribution in [3.8, 4) is 11.3 Å². The van der Waals surface area contributed by atoms with Crippen LogP contribution in [-0.2, 0) is 7.05 Å². The minimum Gasteiger partial charge on any atom is -0.298 e. The lowest BCUT2D eigenvalue weighted by molar-refractivity contribution is 0.112. The zero-order chi connectivity index (χ0) is 11.7. The summed E-state index contributed by atoms with van der Waals surface area (Å²) in [5, 5.41) is 3.93. The minimum atomic E-state index is -0.996. The van der Waals surface area contributed by atoms with Crippen molar-refractivity contribution in [1.29, 1.82) is 0 Å². The molecule has 0 saturated heterocycles. The molecule has 3 nitrogen and oxygen atoms in total. The summed E-state index contributed by atoms with van der Waals surface area (Å²) in [7, 11) is 1.60. The highest BCUT2D eigenvalue weighted by molar-refractivity contribution is 5.85. The molecule has 0 radical (unpaired) electrons. The van der Waals surface area contributed by atoms with Crippen LogP contribution in [0, 0.1) is 11.6 Å². The van der Waals surface area contributed by atoms with Crippen LogP contribution in [-0.4, -0.2) is 16.1 Å². The molecule has 0 unspecified atom stereocenters. The molecule has 1 aromatic carbocycles. The van der Waals surface area contributed by atoms with Crippen molar-refractivity contribution >= 4 is 6.29 Å². The van der Waals surface area contributed by atoms with Crippen LogP contribution in [0.1, 0.15) is 10.4 Å². The first-order valence-electron chi connectivity index (χ1n) is 4.56. The third-order valence-electron chi connectivity index (χ3n) is 2.19. The van der Waals surface area contributed by atoms with Gasteiger partial charge in [0.2, 0.25) is 0 Å². The molecule has 0 aliphatic carbocycles. The third-order valence-corrected chi connectivity index (χ3v) is 2.19. The largest absolute Gasteiger partial charge is 0.298 e. The number of carbonyl (C=O) groups excluding carboxylic acids is 1. The van der Waals surface area contributed by atoms with Gasteiger partial charge in [-0.15, -0.1) is 0 Å². The number of benzene rings is 1. The van der Waals surface area contributed by atoms with Crippen LogP contribution in [0.2, 0.25) is 0 Å². The number of hydrogen-bond donors (Lipinski definition) is 0. The van der Waals surface area contributed by atoms with Gasteiger partial charge in [0.15, 0.2) is 17.9 Å². The van der Waals surface area contributed by atoms with Crippen LogP contribution in [0.5, 0.6) is 0 Å². The molecule has 16 heavy (non-hydrogen) atoms. The van der Waals surface area contributed by atoms with E-state index in [2.05, 4.69) is 5.10 Å². The van der Waals surface area contributed by atoms with Gasteiger partial charge in [-0.2, -0.15) is 5.10 Å². The van der Waals surface area contributed by atoms with Gasteiger partial charge in [-0.1, -0.05) is 6.07 Å². The SMILES string of the molecule is Cn1cc(C=O)c(-c2cccc(F)c2F)n1. The molecule has 0 bridgehead atoms. The fourth-order valence-corrected chi connectivity index (χ4v) is 1.49. The second-order valence-electron chi connectivity index (χ2n) is 3.33. The highest BCUT2D eigenvalue weighted by atomic mass is 19.2. The Morgan fingerprint density at radius 1 is 1.38 bits per heavy atom. The highest BCUT2D eigenvalue weighted by Gasteiger charge is 2.15. The van der Waals surface area contributed by atoms with Gasteiger partial charge in [-0.25, -0.2) is 8.78 Å². The summed E-state index contributed by atoms with van der Waals surface area (Å²) in [5.41, 5.74) is 0.365. The number of halogens is 2. The Bertz CT molecular complexity index is 549. The predicted molar refractivity (Wildman–Crippen MR) is 53.9 cm³/mol. The van der Waals surface area contributed by atoms with Crippen molar-refractivity contribution in [2.24, 2.45) is 7.05 Å². The van der Waals surface area contributed by atoms with Crippen molar-refractivity contribution in [1.82, 2.24) is 9.78 Å². The van der Waals surface area contributed by atoms with Gasteiger partial charge in [0.05, 0.1) is 5.56 Å². The fourth-order valence-electron chi connectivity index (χ4n) is 1.49. The van der Waals surface area contributed by atoms with E-state index >= 15 is 0 Å². The Kier molecular flexibility index (Phi) is 2.52. The Hall–Kier alpha value is -2.04. The number of nitrogens with zero attached hydrogens (tertiary/aromatic N) is 2. The smallest absolute Gasteiger partial charge is 0.168 e. The first kappa shape index (κ1) is 10.5. The molecule has 1 aromatic heterocycles. The van der Waals surface area contributed by atoms with E-state index in [1.165, 1.54) is 23.0 Å². The molecule has 5 heteroatoms. The van der Waals surface area contributed by atoms with Crippen LogP contribution in [0.3, 0.4) is 0 Å². The van der Waals surface area contributed by atoms with Gasteiger partial charge in [0.25, 0.3) is 0 Å². The lowest BCUT2D eigenvalue weighted by Gasteiger charge is -2.00. The summed E-state index contributed by atoms with van der Waals surface area (Å²) in [5.74, 6) is -1.95. The second kappa shape index (κ2) is 3.84. The molecule has 0 atom stereocenters. The summed E-state index contributed by atoms with van der Waals surface area (Å²) < 4.78 is 27.9. The average Bonchev–Trinajstić information content (AvgIpc) is 2.63. The Morgan fingerprint density at radius 2 is 2.12 bits per heavy atom. The molecular formula is C11H8F2N2O. The molecule has 0 aliphatic rings. The maximum Gasteiger partial charge on any atom is 0.168 e. The predicted octanol–water partition coefficient (Wildman–Crippen LogP) is 2.18. The number of aromatic nitrogens is 2. The van der Waals surface area contributed by atoms with Gasteiger partial charge < -0.3 is 0 Å². The van der Waals surface area contributed by atoms with E-state index < -0.39 is 11.6 Å². The Morgan fingerprint density at radius 3 is 2.81 bits per heavy atom. The molecular weight excluding hydrogens is 214 g/mol. The molecule has 0 N–H and O–H groups in total. The number of carbonyl (C=O) groups is 1. The number of aldehydes is 1. The van der Waals surface area contributed by atoms with Gasteiger partial charge >= 0.3 is 0 Å². The summed E-state index contributed by atoms with van der Waals surface area (Å²) in [4.78, 5) is 10.7. The molecule has 1 heterocycles. The van der Waals surface area contributed by atoms with E-state index in [1.54, 1.807) is 7.05 Å². The second-order valence-corrected chi connectivity index (χ2v) is 3.33. The average molecular weight is 222 g/mol. The Balaban J connectivity index is 2.66. The summed E-state index contributed by atoms with van der Waals surface area (Å²) in [6.07, 6.45) is 2.01. The summed E-state index contributed by atoms with van der Waals surface area (Å²) in [6.45, 7) is 0. The van der Waals surface area contributed by atoms with E-state index in [-0.39, 0.29) is 16.8 Å². The van der Waals surface area contributed by atoms with Crippen LogP contribution in [0.4, 0.5) is 8.78 Å². The van der Waals surface area contributed by atoms with Crippen LogP contribution in [0.25, 0.3) is 11.3 Å². The first-order valence-corrected chi connectivity index (χ1v) is 4.56. The summed E-state index contributed by atoms with van der Waals surface area (Å²) >= 11 is 0. The lowest BCUT2D eigenvalue weighted by Crippen LogP contribution is -1.93. The highest BCUT2D eigenvalue weighted by Crippen LogP contribution is 2.25. The van der Waals surface area contributed by atoms with E-state index in [0.717, 1.165) is 6.07 Å². The van der Waals surface area contributed by atoms with Gasteiger partial charge in [-0.05, 0) is 12.1 Å². The molecule has 0 saturated carbocycles. The van der Waals surface area contributed by atoms with Crippen molar-refractivity contribution in [2.45, 2.75) is 0 Å². The van der Waals surface area contributed by atoms with E-state index in [4.69, 9.17) is 0 Å². The maximum absolute atomic E-state index is 13.5. The van der Waals surface area contributed by atoms with Gasteiger partial charge in [-0.3, -0.25) is 9.48 Å². The zero-order valence-corrected chi connectivity index (χ0v) is 8.45. The van der Waals surface area contributed by atoms with E-state index in [1.807, 2.05) is 0 Å². The molecule has 0 aliphatic heterocycles. The normalized spacial score (nSPS) is 10.4. The standard InChI is InChI=1S/C11H8F2N2O/c1-15-5-7(6-16)11(14-15)8-3-2-4-9(12)10(8)13/h2-6H,1H3. The lowest BCUT2D eigenvalue weighted by atomic mass is 10.1. The number of hydrogen-bond acceptors (Lipinski definition) is 2. The molecule has 2 rings (SSSR count).